The first-order chi connectivity index (χ1) is 3.79. The minimum Gasteiger partial charge on any atom is -1.00 e. The molecule has 0 aliphatic heterocycles. The molecule has 1 heterocycles. The van der Waals surface area contributed by atoms with Crippen LogP contribution in [0.3, 0.4) is 0 Å². The zero-order valence-corrected chi connectivity index (χ0v) is 6.64. The number of nitrogens with one attached hydrogen (secondary N) is 1. The third kappa shape index (κ3) is 2.46. The van der Waals surface area contributed by atoms with Crippen molar-refractivity contribution in [2.45, 2.75) is 6.92 Å². The van der Waals surface area contributed by atoms with Gasteiger partial charge in [-0.25, -0.2) is 0 Å². The van der Waals surface area contributed by atoms with Gasteiger partial charge in [0.1, 0.15) is 0 Å². The highest BCUT2D eigenvalue weighted by Gasteiger charge is 1.91. The number of rotatable bonds is 0. The van der Waals surface area contributed by atoms with E-state index in [0.717, 1.165) is 5.56 Å². The number of hydrogen-bond acceptors (Lipinski definition) is 1. The molecule has 50 valence electrons. The molecular weight excluding hydrogens is 182 g/mol. The van der Waals surface area contributed by atoms with Crippen LogP contribution in [0.25, 0.3) is 0 Å². The fourth-order valence-electron chi connectivity index (χ4n) is 0.494. The van der Waals surface area contributed by atoms with Crippen molar-refractivity contribution in [2.24, 2.45) is 0 Å². The molecule has 0 amide bonds. The molecule has 0 atom stereocenters. The van der Waals surface area contributed by atoms with Crippen LogP contribution in [-0.2, 0) is 0 Å². The number of aryl methyl sites for hydroxylation is 1. The monoisotopic (exact) mass is 189 g/mol. The summed E-state index contributed by atoms with van der Waals surface area (Å²) in [5, 5.41) is 8.70. The van der Waals surface area contributed by atoms with E-state index in [1.807, 2.05) is 13.0 Å². The van der Waals surface area contributed by atoms with Crippen LogP contribution in [0, 0.1) is 6.92 Å². The molecule has 0 saturated heterocycles. The SMILES string of the molecule is Cc1ccc(O)[nH+]c1.[Br-]. The van der Waals surface area contributed by atoms with E-state index in [9.17, 15) is 0 Å². The Balaban J connectivity index is 0.000000640. The molecule has 0 radical (unpaired) electrons. The molecule has 3 heteroatoms. The standard InChI is InChI=1S/C6H7NO.BrH/c1-5-2-3-6(8)7-4-5;/h2-4H,1H3,(H,7,8);1H. The summed E-state index contributed by atoms with van der Waals surface area (Å²) in [6.45, 7) is 1.95. The molecule has 0 aliphatic carbocycles. The minimum atomic E-state index is 0. The van der Waals surface area contributed by atoms with Gasteiger partial charge in [-0.1, -0.05) is 0 Å². The van der Waals surface area contributed by atoms with Gasteiger partial charge in [-0.15, -0.1) is 0 Å². The summed E-state index contributed by atoms with van der Waals surface area (Å²) in [6.07, 6.45) is 1.75. The molecule has 0 unspecified atom stereocenters. The lowest BCUT2D eigenvalue weighted by molar-refractivity contribution is -0.394. The second-order valence-corrected chi connectivity index (χ2v) is 1.75. The number of pyridine rings is 1. The molecule has 2 N–H and O–H groups in total. The number of aromatic hydroxyl groups is 1. The maximum Gasteiger partial charge on any atom is 0.363 e. The molecule has 1 aromatic heterocycles. The highest BCUT2D eigenvalue weighted by molar-refractivity contribution is 5.08. The Hall–Kier alpha value is -0.570. The molecular formula is C6H8BrNO. The summed E-state index contributed by atoms with van der Waals surface area (Å²) >= 11 is 0. The first-order valence-electron chi connectivity index (χ1n) is 2.46. The van der Waals surface area contributed by atoms with Crippen molar-refractivity contribution in [1.82, 2.24) is 0 Å². The van der Waals surface area contributed by atoms with Gasteiger partial charge >= 0.3 is 5.88 Å². The lowest BCUT2D eigenvalue weighted by Crippen LogP contribution is -3.00. The Bertz CT molecular complexity index is 152. The maximum absolute atomic E-state index is 8.70. The third-order valence-electron chi connectivity index (χ3n) is 0.952. The number of aromatic amines is 1. The fraction of sp³-hybridized carbons (Fsp3) is 0.167. The molecule has 2 nitrogen and oxygen atoms in total. The van der Waals surface area contributed by atoms with E-state index in [2.05, 4.69) is 4.98 Å². The summed E-state index contributed by atoms with van der Waals surface area (Å²) in [4.78, 5) is 2.66. The van der Waals surface area contributed by atoms with Gasteiger partial charge in [0.15, 0.2) is 6.20 Å². The van der Waals surface area contributed by atoms with Crippen molar-refractivity contribution in [1.29, 1.82) is 0 Å². The molecule has 1 rings (SSSR count). The van der Waals surface area contributed by atoms with Gasteiger partial charge in [0.25, 0.3) is 0 Å². The normalized spacial score (nSPS) is 8.11. The first kappa shape index (κ1) is 8.43. The van der Waals surface area contributed by atoms with Crippen LogP contribution in [0.5, 0.6) is 5.88 Å². The predicted octanol–water partition coefficient (Wildman–Crippen LogP) is -2.48. The van der Waals surface area contributed by atoms with Gasteiger partial charge in [0, 0.05) is 5.56 Å². The van der Waals surface area contributed by atoms with Crippen LogP contribution in [0.15, 0.2) is 18.3 Å². The van der Waals surface area contributed by atoms with E-state index in [1.165, 1.54) is 0 Å². The van der Waals surface area contributed by atoms with E-state index >= 15 is 0 Å². The summed E-state index contributed by atoms with van der Waals surface area (Å²) in [5.74, 6) is 0.204. The number of aromatic nitrogens is 1. The first-order valence-corrected chi connectivity index (χ1v) is 2.46. The Labute approximate surface area is 64.3 Å². The van der Waals surface area contributed by atoms with Crippen LogP contribution in [-0.4, -0.2) is 5.11 Å². The fourth-order valence-corrected chi connectivity index (χ4v) is 0.494. The Morgan fingerprint density at radius 2 is 2.11 bits per heavy atom. The average molecular weight is 190 g/mol. The zero-order valence-electron chi connectivity index (χ0n) is 5.06. The van der Waals surface area contributed by atoms with Crippen molar-refractivity contribution in [3.05, 3.63) is 23.9 Å². The van der Waals surface area contributed by atoms with Crippen LogP contribution in [0.2, 0.25) is 0 Å². The molecule has 9 heavy (non-hydrogen) atoms. The Morgan fingerprint density at radius 3 is 2.44 bits per heavy atom. The molecule has 1 aromatic rings. The van der Waals surface area contributed by atoms with E-state index in [4.69, 9.17) is 5.11 Å². The van der Waals surface area contributed by atoms with Crippen LogP contribution >= 0.6 is 0 Å². The van der Waals surface area contributed by atoms with Gasteiger partial charge in [0.2, 0.25) is 0 Å². The van der Waals surface area contributed by atoms with Gasteiger partial charge in [0.05, 0.1) is 6.07 Å². The second-order valence-electron chi connectivity index (χ2n) is 1.75. The molecule has 0 fully saturated rings. The Morgan fingerprint density at radius 1 is 1.44 bits per heavy atom. The van der Waals surface area contributed by atoms with Gasteiger partial charge in [-0.05, 0) is 13.0 Å². The summed E-state index contributed by atoms with van der Waals surface area (Å²) in [6, 6.07) is 3.46. The van der Waals surface area contributed by atoms with E-state index in [1.54, 1.807) is 12.3 Å². The minimum absolute atomic E-state index is 0. The van der Waals surface area contributed by atoms with Gasteiger partial charge < -0.3 is 22.1 Å². The lowest BCUT2D eigenvalue weighted by atomic mass is 10.3. The highest BCUT2D eigenvalue weighted by Crippen LogP contribution is 1.96. The topological polar surface area (TPSA) is 34.4 Å². The largest absolute Gasteiger partial charge is 1.00 e. The van der Waals surface area contributed by atoms with E-state index in [0.29, 0.717) is 0 Å². The summed E-state index contributed by atoms with van der Waals surface area (Å²) < 4.78 is 0. The van der Waals surface area contributed by atoms with Crippen molar-refractivity contribution in [3.8, 4) is 5.88 Å². The van der Waals surface area contributed by atoms with Gasteiger partial charge in [-0.3, -0.25) is 0 Å². The van der Waals surface area contributed by atoms with Crippen LogP contribution in [0.1, 0.15) is 5.56 Å². The molecule has 0 aliphatic rings. The summed E-state index contributed by atoms with van der Waals surface area (Å²) in [5.41, 5.74) is 1.11. The molecule has 0 bridgehead atoms. The summed E-state index contributed by atoms with van der Waals surface area (Å²) in [7, 11) is 0. The number of hydrogen-bond donors (Lipinski definition) is 1. The van der Waals surface area contributed by atoms with Gasteiger partial charge in [-0.2, -0.15) is 4.98 Å². The molecule has 0 spiro atoms. The van der Waals surface area contributed by atoms with E-state index < -0.39 is 0 Å². The predicted molar refractivity (Wildman–Crippen MR) is 29.4 cm³/mol. The zero-order chi connectivity index (χ0) is 5.98. The highest BCUT2D eigenvalue weighted by atomic mass is 79.9. The number of halogens is 1. The maximum atomic E-state index is 8.70. The van der Waals surface area contributed by atoms with Crippen LogP contribution in [0.4, 0.5) is 0 Å². The lowest BCUT2D eigenvalue weighted by Gasteiger charge is -1.81. The smallest absolute Gasteiger partial charge is 0.363 e. The van der Waals surface area contributed by atoms with Crippen LogP contribution < -0.4 is 22.0 Å². The van der Waals surface area contributed by atoms with Crippen molar-refractivity contribution in [2.75, 3.05) is 0 Å². The number of H-pyrrole nitrogens is 1. The second kappa shape index (κ2) is 3.45. The molecule has 0 saturated carbocycles. The average Bonchev–Trinajstić information content (AvgIpc) is 1.77. The Kier molecular flexibility index (Phi) is 3.24. The third-order valence-corrected chi connectivity index (χ3v) is 0.952. The van der Waals surface area contributed by atoms with Crippen molar-refractivity contribution < 1.29 is 27.1 Å². The van der Waals surface area contributed by atoms with E-state index in [-0.39, 0.29) is 22.9 Å². The van der Waals surface area contributed by atoms with Crippen molar-refractivity contribution in [3.63, 3.8) is 0 Å². The van der Waals surface area contributed by atoms with Crippen molar-refractivity contribution >= 4 is 0 Å². The quantitative estimate of drug-likeness (QED) is 0.483. The molecule has 0 aromatic carbocycles.